The first-order chi connectivity index (χ1) is 9.79. The molecular formula is C16H17NO3. The molecule has 3 aliphatic heterocycles. The van der Waals surface area contributed by atoms with Gasteiger partial charge in [-0.15, -0.1) is 0 Å². The quantitative estimate of drug-likeness (QED) is 0.730. The predicted molar refractivity (Wildman–Crippen MR) is 72.8 cm³/mol. The molecule has 0 radical (unpaired) electrons. The lowest BCUT2D eigenvalue weighted by Gasteiger charge is -2.41. The molecule has 1 aromatic carbocycles. The highest BCUT2D eigenvalue weighted by atomic mass is 16.7. The molecule has 4 aliphatic rings. The summed E-state index contributed by atoms with van der Waals surface area (Å²) in [6.07, 6.45) is 3.69. The molecule has 4 heteroatoms. The van der Waals surface area contributed by atoms with Crippen LogP contribution in [0.5, 0.6) is 11.5 Å². The second-order valence-electron chi connectivity index (χ2n) is 6.22. The van der Waals surface area contributed by atoms with E-state index in [1.165, 1.54) is 16.7 Å². The van der Waals surface area contributed by atoms with Crippen LogP contribution in [0.3, 0.4) is 0 Å². The number of rotatable bonds is 0. The van der Waals surface area contributed by atoms with E-state index < -0.39 is 0 Å². The molecule has 3 heterocycles. The molecule has 0 aromatic heterocycles. The fourth-order valence-electron chi connectivity index (χ4n) is 4.37. The summed E-state index contributed by atoms with van der Waals surface area (Å²) in [5.74, 6) is 2.13. The normalized spacial score (nSPS) is 33.6. The number of aliphatic hydroxyl groups is 1. The third-order valence-corrected chi connectivity index (χ3v) is 5.15. The van der Waals surface area contributed by atoms with Crippen molar-refractivity contribution < 1.29 is 14.6 Å². The smallest absolute Gasteiger partial charge is 0.231 e. The van der Waals surface area contributed by atoms with Crippen molar-refractivity contribution in [3.05, 3.63) is 34.9 Å². The van der Waals surface area contributed by atoms with Gasteiger partial charge in [0.1, 0.15) is 0 Å². The van der Waals surface area contributed by atoms with Crippen molar-refractivity contribution in [1.82, 2.24) is 4.90 Å². The molecule has 1 fully saturated rings. The second-order valence-corrected chi connectivity index (χ2v) is 6.22. The van der Waals surface area contributed by atoms with Crippen LogP contribution in [0.1, 0.15) is 29.9 Å². The number of ether oxygens (including phenoxy) is 2. The number of aliphatic hydroxyl groups excluding tert-OH is 1. The van der Waals surface area contributed by atoms with Crippen LogP contribution in [0.25, 0.3) is 0 Å². The highest BCUT2D eigenvalue weighted by molar-refractivity contribution is 5.52. The van der Waals surface area contributed by atoms with Crippen LogP contribution in [0.2, 0.25) is 0 Å². The van der Waals surface area contributed by atoms with E-state index in [-0.39, 0.29) is 6.10 Å². The summed E-state index contributed by atoms with van der Waals surface area (Å²) in [7, 11) is 0. The molecule has 2 unspecified atom stereocenters. The van der Waals surface area contributed by atoms with Crippen molar-refractivity contribution in [2.75, 3.05) is 13.3 Å². The molecule has 20 heavy (non-hydrogen) atoms. The highest BCUT2D eigenvalue weighted by Crippen LogP contribution is 2.49. The minimum Gasteiger partial charge on any atom is -0.454 e. The topological polar surface area (TPSA) is 41.9 Å². The lowest BCUT2D eigenvalue weighted by molar-refractivity contribution is 0.141. The van der Waals surface area contributed by atoms with E-state index in [0.29, 0.717) is 18.8 Å². The van der Waals surface area contributed by atoms with E-state index in [1.54, 1.807) is 0 Å². The molecule has 104 valence electrons. The van der Waals surface area contributed by atoms with E-state index in [2.05, 4.69) is 23.1 Å². The first-order valence-electron chi connectivity index (χ1n) is 7.35. The number of fused-ring (bicyclic) bond motifs is 3. The van der Waals surface area contributed by atoms with Crippen molar-refractivity contribution in [3.8, 4) is 11.5 Å². The summed E-state index contributed by atoms with van der Waals surface area (Å²) in [5, 5.41) is 10.1. The number of hydrogen-bond acceptors (Lipinski definition) is 4. The fourth-order valence-corrected chi connectivity index (χ4v) is 4.37. The van der Waals surface area contributed by atoms with Crippen LogP contribution in [0.15, 0.2) is 23.8 Å². The molecule has 0 bridgehead atoms. The van der Waals surface area contributed by atoms with Crippen LogP contribution in [0, 0.1) is 0 Å². The lowest BCUT2D eigenvalue weighted by atomic mass is 9.75. The molecule has 5 rings (SSSR count). The Bertz CT molecular complexity index is 624. The largest absolute Gasteiger partial charge is 0.454 e. The molecule has 0 amide bonds. The third-order valence-electron chi connectivity index (χ3n) is 5.15. The molecule has 1 N–H and O–H groups in total. The Morgan fingerprint density at radius 3 is 2.95 bits per heavy atom. The van der Waals surface area contributed by atoms with Crippen molar-refractivity contribution in [2.45, 2.75) is 37.5 Å². The van der Waals surface area contributed by atoms with Gasteiger partial charge in [-0.2, -0.15) is 0 Å². The van der Waals surface area contributed by atoms with Crippen LogP contribution in [-0.2, 0) is 6.54 Å². The fraction of sp³-hybridized carbons (Fsp3) is 0.500. The van der Waals surface area contributed by atoms with E-state index in [0.717, 1.165) is 37.4 Å². The minimum atomic E-state index is -0.303. The maximum absolute atomic E-state index is 10.1. The van der Waals surface area contributed by atoms with E-state index in [9.17, 15) is 5.11 Å². The Morgan fingerprint density at radius 2 is 2.05 bits per heavy atom. The van der Waals surface area contributed by atoms with Gasteiger partial charge in [0, 0.05) is 25.0 Å². The summed E-state index contributed by atoms with van der Waals surface area (Å²) in [6, 6.07) is 4.77. The molecular weight excluding hydrogens is 254 g/mol. The zero-order valence-corrected chi connectivity index (χ0v) is 11.2. The number of hydrogen-bond donors (Lipinski definition) is 1. The van der Waals surface area contributed by atoms with E-state index in [4.69, 9.17) is 9.47 Å². The Balaban J connectivity index is 1.67. The number of nitrogens with zero attached hydrogens (tertiary/aromatic N) is 1. The standard InChI is InChI=1S/C16H17NO3/c18-11-3-9-1-2-17-7-10-4-14-15(20-8-19-14)6-12(10)13(5-11)16(9)17/h3-4,6,11,13,16,18H,1-2,5,7-8H2/t11?,13-,16?/m0/s1. The van der Waals surface area contributed by atoms with Gasteiger partial charge in [-0.05, 0) is 36.1 Å². The van der Waals surface area contributed by atoms with E-state index >= 15 is 0 Å². The molecule has 0 spiro atoms. The molecule has 4 nitrogen and oxygen atoms in total. The van der Waals surface area contributed by atoms with Crippen molar-refractivity contribution >= 4 is 0 Å². The predicted octanol–water partition coefficient (Wildman–Crippen LogP) is 1.78. The van der Waals surface area contributed by atoms with Gasteiger partial charge >= 0.3 is 0 Å². The molecule has 0 saturated carbocycles. The van der Waals surface area contributed by atoms with Gasteiger partial charge in [0.2, 0.25) is 6.79 Å². The average molecular weight is 271 g/mol. The first kappa shape index (κ1) is 11.2. The van der Waals surface area contributed by atoms with Gasteiger partial charge in [-0.25, -0.2) is 0 Å². The van der Waals surface area contributed by atoms with Crippen LogP contribution in [-0.4, -0.2) is 35.5 Å². The second kappa shape index (κ2) is 3.77. The molecule has 1 saturated heterocycles. The monoisotopic (exact) mass is 271 g/mol. The van der Waals surface area contributed by atoms with Crippen molar-refractivity contribution in [3.63, 3.8) is 0 Å². The summed E-state index contributed by atoms with van der Waals surface area (Å²) < 4.78 is 11.0. The minimum absolute atomic E-state index is 0.303. The number of benzene rings is 1. The summed E-state index contributed by atoms with van der Waals surface area (Å²) in [6.45, 7) is 2.41. The Morgan fingerprint density at radius 1 is 1.20 bits per heavy atom. The van der Waals surface area contributed by atoms with E-state index in [1.807, 2.05) is 0 Å². The zero-order valence-electron chi connectivity index (χ0n) is 11.2. The molecule has 1 aromatic rings. The van der Waals surface area contributed by atoms with Crippen molar-refractivity contribution in [2.24, 2.45) is 0 Å². The zero-order chi connectivity index (χ0) is 13.3. The maximum atomic E-state index is 10.1. The van der Waals surface area contributed by atoms with Crippen LogP contribution >= 0.6 is 0 Å². The summed E-state index contributed by atoms with van der Waals surface area (Å²) >= 11 is 0. The van der Waals surface area contributed by atoms with Gasteiger partial charge < -0.3 is 14.6 Å². The summed E-state index contributed by atoms with van der Waals surface area (Å²) in [4.78, 5) is 2.55. The first-order valence-corrected chi connectivity index (χ1v) is 7.35. The maximum Gasteiger partial charge on any atom is 0.231 e. The van der Waals surface area contributed by atoms with Crippen LogP contribution in [0.4, 0.5) is 0 Å². The SMILES string of the molecule is OC1C=C2CCN3Cc4cc5c(cc4[C@H](C1)C23)OCO5. The summed E-state index contributed by atoms with van der Waals surface area (Å²) in [5.41, 5.74) is 4.12. The van der Waals surface area contributed by atoms with Gasteiger partial charge in [0.05, 0.1) is 6.10 Å². The van der Waals surface area contributed by atoms with Crippen LogP contribution < -0.4 is 9.47 Å². The molecule has 1 aliphatic carbocycles. The third kappa shape index (κ3) is 1.38. The van der Waals surface area contributed by atoms with Gasteiger partial charge in [0.25, 0.3) is 0 Å². The molecule has 3 atom stereocenters. The Labute approximate surface area is 117 Å². The average Bonchev–Trinajstić information content (AvgIpc) is 3.04. The van der Waals surface area contributed by atoms with Gasteiger partial charge in [-0.1, -0.05) is 11.6 Å². The van der Waals surface area contributed by atoms with Crippen molar-refractivity contribution in [1.29, 1.82) is 0 Å². The van der Waals surface area contributed by atoms with Gasteiger partial charge in [0.15, 0.2) is 11.5 Å². The van der Waals surface area contributed by atoms with Gasteiger partial charge in [-0.3, -0.25) is 4.90 Å². The Hall–Kier alpha value is -1.52. The highest BCUT2D eigenvalue weighted by Gasteiger charge is 2.44. The lowest BCUT2D eigenvalue weighted by Crippen LogP contribution is -2.42. The Kier molecular flexibility index (Phi) is 2.11.